The average Bonchev–Trinajstić information content (AvgIpc) is 2.86. The van der Waals surface area contributed by atoms with E-state index < -0.39 is 47.9 Å². The van der Waals surface area contributed by atoms with E-state index in [0.29, 0.717) is 11.8 Å². The summed E-state index contributed by atoms with van der Waals surface area (Å²) in [6.45, 7) is 0. The number of hydrogen-bond acceptors (Lipinski definition) is 7. The zero-order valence-corrected chi connectivity index (χ0v) is 21.8. The van der Waals surface area contributed by atoms with E-state index in [1.165, 1.54) is 48.5 Å². The van der Waals surface area contributed by atoms with Crippen LogP contribution in [0.1, 0.15) is 20.7 Å². The number of nitrogens with one attached hydrogen (secondary N) is 3. The number of carbonyl (C=O) groups excluding carboxylic acids is 3. The summed E-state index contributed by atoms with van der Waals surface area (Å²) in [5.41, 5.74) is 6.12. The van der Waals surface area contributed by atoms with Crippen molar-refractivity contribution >= 4 is 65.9 Å². The van der Waals surface area contributed by atoms with Gasteiger partial charge in [-0.3, -0.25) is 18.7 Å². The minimum atomic E-state index is -4.91. The number of primary amides is 1. The Morgan fingerprint density at radius 1 is 0.625 bits per heavy atom. The van der Waals surface area contributed by atoms with Gasteiger partial charge in [0.1, 0.15) is 4.90 Å². The van der Waals surface area contributed by atoms with E-state index in [1.54, 1.807) is 18.2 Å². The first-order valence-electron chi connectivity index (χ1n) is 11.1. The number of rotatable bonds is 7. The fourth-order valence-electron chi connectivity index (χ4n) is 3.76. The highest BCUT2D eigenvalue weighted by molar-refractivity contribution is 7.86. The maximum absolute atomic E-state index is 12.9. The Morgan fingerprint density at radius 2 is 1.15 bits per heavy atom. The zero-order valence-electron chi connectivity index (χ0n) is 20.2. The summed E-state index contributed by atoms with van der Waals surface area (Å²) < 4.78 is 65.8. The summed E-state index contributed by atoms with van der Waals surface area (Å²) >= 11 is 0. The number of hydrogen-bond donors (Lipinski definition) is 6. The number of benzene rings is 4. The Hall–Kier alpha value is -4.83. The largest absolute Gasteiger partial charge is 0.351 e. The minimum absolute atomic E-state index is 0.0561. The first-order valence-corrected chi connectivity index (χ1v) is 14.0. The lowest BCUT2D eigenvalue weighted by Gasteiger charge is -2.11. The number of urea groups is 1. The smallest absolute Gasteiger partial charge is 0.316 e. The standard InChI is InChI=1S/C25H20N4O9S2/c26-25(32)29-18-6-2-4-16(10-18)23(30)27-17-5-1-3-15(9-17)24(31)28-19-8-7-14-11-20(39(33,34)35)13-22(21(14)12-19)40(36,37)38/h1-13H,(H,27,30)(H,28,31)(H3,26,29,32)(H,33,34,35)(H,36,37,38). The Labute approximate surface area is 227 Å². The second-order valence-corrected chi connectivity index (χ2v) is 11.2. The zero-order chi connectivity index (χ0) is 29.2. The summed E-state index contributed by atoms with van der Waals surface area (Å²) in [6.07, 6.45) is 0. The predicted molar refractivity (Wildman–Crippen MR) is 146 cm³/mol. The van der Waals surface area contributed by atoms with Gasteiger partial charge in [0.05, 0.1) is 4.90 Å². The fourth-order valence-corrected chi connectivity index (χ4v) is 5.11. The van der Waals surface area contributed by atoms with E-state index in [-0.39, 0.29) is 33.3 Å². The summed E-state index contributed by atoms with van der Waals surface area (Å²) in [6, 6.07) is 16.6. The Balaban J connectivity index is 1.58. The number of nitrogens with two attached hydrogens (primary N) is 1. The van der Waals surface area contributed by atoms with E-state index in [4.69, 9.17) is 5.73 Å². The van der Waals surface area contributed by atoms with Gasteiger partial charge < -0.3 is 21.7 Å². The Kier molecular flexibility index (Phi) is 7.57. The molecule has 0 saturated heterocycles. The van der Waals surface area contributed by atoms with Crippen LogP contribution >= 0.6 is 0 Å². The molecule has 0 atom stereocenters. The van der Waals surface area contributed by atoms with Crippen LogP contribution in [0.5, 0.6) is 0 Å². The fraction of sp³-hybridized carbons (Fsp3) is 0. The maximum Gasteiger partial charge on any atom is 0.316 e. The molecule has 0 aliphatic rings. The van der Waals surface area contributed by atoms with Crippen molar-refractivity contribution in [3.8, 4) is 0 Å². The van der Waals surface area contributed by atoms with Crippen LogP contribution in [0.3, 0.4) is 0 Å². The Morgan fingerprint density at radius 3 is 1.65 bits per heavy atom. The van der Waals surface area contributed by atoms with Gasteiger partial charge in [0.15, 0.2) is 0 Å². The lowest BCUT2D eigenvalue weighted by molar-refractivity contribution is 0.101. The molecule has 4 amide bonds. The first-order chi connectivity index (χ1) is 18.7. The normalized spacial score (nSPS) is 11.6. The summed E-state index contributed by atoms with van der Waals surface area (Å²) in [7, 11) is -9.69. The van der Waals surface area contributed by atoms with Crippen molar-refractivity contribution in [3.05, 3.63) is 90.0 Å². The van der Waals surface area contributed by atoms with Crippen LogP contribution in [0, 0.1) is 0 Å². The Bertz CT molecular complexity index is 1910. The molecule has 206 valence electrons. The molecule has 0 heterocycles. The van der Waals surface area contributed by atoms with Gasteiger partial charge in [-0.2, -0.15) is 16.8 Å². The van der Waals surface area contributed by atoms with Crippen LogP contribution in [0.2, 0.25) is 0 Å². The van der Waals surface area contributed by atoms with Crippen LogP contribution in [-0.2, 0) is 20.2 Å². The third-order valence-corrected chi connectivity index (χ3v) is 7.22. The molecule has 13 nitrogen and oxygen atoms in total. The number of fused-ring (bicyclic) bond motifs is 1. The van der Waals surface area contributed by atoms with E-state index in [1.807, 2.05) is 0 Å². The van der Waals surface area contributed by atoms with E-state index in [0.717, 1.165) is 6.07 Å². The van der Waals surface area contributed by atoms with Crippen LogP contribution in [0.4, 0.5) is 21.9 Å². The number of anilines is 3. The van der Waals surface area contributed by atoms with Crippen LogP contribution in [0.15, 0.2) is 88.7 Å². The molecule has 0 unspecified atom stereocenters. The molecule has 15 heteroatoms. The van der Waals surface area contributed by atoms with Crippen molar-refractivity contribution in [2.24, 2.45) is 5.73 Å². The van der Waals surface area contributed by atoms with E-state index in [2.05, 4.69) is 16.0 Å². The van der Waals surface area contributed by atoms with Gasteiger partial charge in [-0.05, 0) is 66.0 Å². The predicted octanol–water partition coefficient (Wildman–Crippen LogP) is 3.33. The van der Waals surface area contributed by atoms with Crippen molar-refractivity contribution in [2.75, 3.05) is 16.0 Å². The minimum Gasteiger partial charge on any atom is -0.351 e. The average molecular weight is 585 g/mol. The molecule has 0 fully saturated rings. The molecule has 7 N–H and O–H groups in total. The number of amides is 4. The van der Waals surface area contributed by atoms with Crippen molar-refractivity contribution in [1.82, 2.24) is 0 Å². The molecule has 0 aliphatic heterocycles. The van der Waals surface area contributed by atoms with Crippen molar-refractivity contribution in [3.63, 3.8) is 0 Å². The summed E-state index contributed by atoms with van der Waals surface area (Å²) in [5.74, 6) is -1.16. The van der Waals surface area contributed by atoms with Gasteiger partial charge in [0.2, 0.25) is 0 Å². The van der Waals surface area contributed by atoms with E-state index in [9.17, 15) is 40.3 Å². The van der Waals surface area contributed by atoms with E-state index >= 15 is 0 Å². The molecule has 0 spiro atoms. The molecule has 40 heavy (non-hydrogen) atoms. The first kappa shape index (κ1) is 28.2. The SMILES string of the molecule is NC(=O)Nc1cccc(C(=O)Nc2cccc(C(=O)Nc3ccc4cc(S(=O)(=O)O)cc(S(=O)(=O)O)c4c3)c2)c1. The monoisotopic (exact) mass is 584 g/mol. The van der Waals surface area contributed by atoms with Gasteiger partial charge in [-0.15, -0.1) is 0 Å². The van der Waals surface area contributed by atoms with Gasteiger partial charge >= 0.3 is 6.03 Å². The highest BCUT2D eigenvalue weighted by atomic mass is 32.2. The van der Waals surface area contributed by atoms with Crippen molar-refractivity contribution in [2.45, 2.75) is 9.79 Å². The molecular weight excluding hydrogens is 564 g/mol. The summed E-state index contributed by atoms with van der Waals surface area (Å²) in [4.78, 5) is 35.1. The van der Waals surface area contributed by atoms with Gasteiger partial charge in [0.25, 0.3) is 32.1 Å². The number of carbonyl (C=O) groups is 3. The maximum atomic E-state index is 12.9. The lowest BCUT2D eigenvalue weighted by Crippen LogP contribution is -2.20. The molecule has 0 aliphatic carbocycles. The quantitative estimate of drug-likeness (QED) is 0.175. The molecule has 0 aromatic heterocycles. The third kappa shape index (κ3) is 6.59. The topological polar surface area (TPSA) is 222 Å². The molecule has 0 bridgehead atoms. The van der Waals surface area contributed by atoms with Gasteiger partial charge in [-0.1, -0.05) is 18.2 Å². The van der Waals surface area contributed by atoms with Gasteiger partial charge in [0, 0.05) is 33.6 Å². The molecule has 4 rings (SSSR count). The lowest BCUT2D eigenvalue weighted by atomic mass is 10.1. The third-order valence-electron chi connectivity index (χ3n) is 5.50. The molecule has 4 aromatic carbocycles. The summed E-state index contributed by atoms with van der Waals surface area (Å²) in [5, 5.41) is 7.51. The second kappa shape index (κ2) is 10.7. The van der Waals surface area contributed by atoms with Gasteiger partial charge in [-0.25, -0.2) is 4.79 Å². The molecule has 0 radical (unpaired) electrons. The molecular formula is C25H20N4O9S2. The highest BCUT2D eigenvalue weighted by Crippen LogP contribution is 2.30. The molecule has 0 saturated carbocycles. The van der Waals surface area contributed by atoms with Crippen molar-refractivity contribution in [1.29, 1.82) is 0 Å². The van der Waals surface area contributed by atoms with Crippen LogP contribution in [0.25, 0.3) is 10.8 Å². The van der Waals surface area contributed by atoms with Crippen LogP contribution < -0.4 is 21.7 Å². The van der Waals surface area contributed by atoms with Crippen LogP contribution in [-0.4, -0.2) is 43.8 Å². The molecule has 4 aromatic rings. The second-order valence-electron chi connectivity index (χ2n) is 8.37. The van der Waals surface area contributed by atoms with Crippen molar-refractivity contribution < 1.29 is 40.3 Å². The highest BCUT2D eigenvalue weighted by Gasteiger charge is 2.21.